The standard InChI is InChI=1S/C12H20N2O3S2/c1-3-4-10-5-7-14(8-6-10)19(16,17)11-9(2)13-12(15)18-11/h10H,3-8H2,1-2H3,(H,13,15). The second-order valence-electron chi connectivity index (χ2n) is 5.06. The van der Waals surface area contributed by atoms with E-state index >= 15 is 0 Å². The molecule has 1 aromatic rings. The molecule has 5 nitrogen and oxygen atoms in total. The lowest BCUT2D eigenvalue weighted by Gasteiger charge is -2.30. The van der Waals surface area contributed by atoms with Crippen molar-refractivity contribution in [3.05, 3.63) is 15.4 Å². The molecule has 19 heavy (non-hydrogen) atoms. The molecule has 0 bridgehead atoms. The number of hydrogen-bond acceptors (Lipinski definition) is 4. The van der Waals surface area contributed by atoms with Gasteiger partial charge in [-0.2, -0.15) is 4.31 Å². The summed E-state index contributed by atoms with van der Waals surface area (Å²) < 4.78 is 26.6. The molecular weight excluding hydrogens is 284 g/mol. The van der Waals surface area contributed by atoms with Gasteiger partial charge in [0.25, 0.3) is 10.0 Å². The number of aryl methyl sites for hydroxylation is 1. The summed E-state index contributed by atoms with van der Waals surface area (Å²) >= 11 is 0.785. The molecule has 0 amide bonds. The second kappa shape index (κ2) is 5.76. The molecular formula is C12H20N2O3S2. The van der Waals surface area contributed by atoms with E-state index in [9.17, 15) is 13.2 Å². The van der Waals surface area contributed by atoms with Crippen molar-refractivity contribution in [3.63, 3.8) is 0 Å². The first-order valence-electron chi connectivity index (χ1n) is 6.65. The summed E-state index contributed by atoms with van der Waals surface area (Å²) in [5.41, 5.74) is 0.450. The molecule has 0 saturated carbocycles. The highest BCUT2D eigenvalue weighted by Crippen LogP contribution is 2.28. The minimum Gasteiger partial charge on any atom is -0.315 e. The van der Waals surface area contributed by atoms with Crippen molar-refractivity contribution in [1.29, 1.82) is 0 Å². The highest BCUT2D eigenvalue weighted by Gasteiger charge is 2.31. The molecule has 0 atom stereocenters. The second-order valence-corrected chi connectivity index (χ2v) is 8.18. The number of piperidine rings is 1. The average molecular weight is 304 g/mol. The average Bonchev–Trinajstić information content (AvgIpc) is 2.70. The summed E-state index contributed by atoms with van der Waals surface area (Å²) in [5.74, 6) is 0.641. The van der Waals surface area contributed by atoms with Crippen LogP contribution in [0.5, 0.6) is 0 Å². The first-order chi connectivity index (χ1) is 8.95. The van der Waals surface area contributed by atoms with Gasteiger partial charge in [0.2, 0.25) is 0 Å². The number of nitrogens with one attached hydrogen (secondary N) is 1. The fourth-order valence-corrected chi connectivity index (χ4v) is 5.51. The van der Waals surface area contributed by atoms with Gasteiger partial charge in [0.05, 0.1) is 0 Å². The topological polar surface area (TPSA) is 70.2 Å². The van der Waals surface area contributed by atoms with Crippen LogP contribution in [0.3, 0.4) is 0 Å². The molecule has 1 aliphatic heterocycles. The monoisotopic (exact) mass is 304 g/mol. The Morgan fingerprint density at radius 1 is 1.37 bits per heavy atom. The van der Waals surface area contributed by atoms with Crippen LogP contribution >= 0.6 is 11.3 Å². The van der Waals surface area contributed by atoms with Gasteiger partial charge >= 0.3 is 4.87 Å². The molecule has 7 heteroatoms. The predicted molar refractivity (Wildman–Crippen MR) is 76.1 cm³/mol. The molecule has 0 aromatic carbocycles. The van der Waals surface area contributed by atoms with Crippen LogP contribution in [0.25, 0.3) is 0 Å². The van der Waals surface area contributed by atoms with E-state index in [-0.39, 0.29) is 9.08 Å². The van der Waals surface area contributed by atoms with E-state index in [0.717, 1.165) is 30.6 Å². The lowest BCUT2D eigenvalue weighted by Crippen LogP contribution is -2.38. The lowest BCUT2D eigenvalue weighted by molar-refractivity contribution is 0.262. The van der Waals surface area contributed by atoms with Crippen LogP contribution < -0.4 is 4.87 Å². The maximum atomic E-state index is 12.5. The Bertz CT molecular complexity index is 580. The van der Waals surface area contributed by atoms with Gasteiger partial charge in [0, 0.05) is 18.8 Å². The number of rotatable bonds is 4. The van der Waals surface area contributed by atoms with Crippen molar-refractivity contribution in [2.75, 3.05) is 13.1 Å². The van der Waals surface area contributed by atoms with Gasteiger partial charge in [-0.05, 0) is 25.7 Å². The van der Waals surface area contributed by atoms with E-state index in [1.54, 1.807) is 6.92 Å². The quantitative estimate of drug-likeness (QED) is 0.924. The van der Waals surface area contributed by atoms with E-state index in [0.29, 0.717) is 24.7 Å². The van der Waals surface area contributed by atoms with Crippen molar-refractivity contribution in [2.24, 2.45) is 5.92 Å². The molecule has 0 spiro atoms. The molecule has 2 rings (SSSR count). The summed E-state index contributed by atoms with van der Waals surface area (Å²) in [6.45, 7) is 4.93. The molecule has 1 saturated heterocycles. The summed E-state index contributed by atoms with van der Waals surface area (Å²) in [4.78, 5) is 13.5. The van der Waals surface area contributed by atoms with Crippen LogP contribution in [0.1, 0.15) is 38.3 Å². The van der Waals surface area contributed by atoms with Crippen LogP contribution in [-0.4, -0.2) is 30.8 Å². The zero-order chi connectivity index (χ0) is 14.0. The Labute approximate surface area is 117 Å². The lowest BCUT2D eigenvalue weighted by atomic mass is 9.94. The Morgan fingerprint density at radius 2 is 2.00 bits per heavy atom. The maximum absolute atomic E-state index is 12.5. The summed E-state index contributed by atoms with van der Waals surface area (Å²) in [5, 5.41) is 0. The highest BCUT2D eigenvalue weighted by atomic mass is 32.2. The Hall–Kier alpha value is -0.660. The molecule has 1 fully saturated rings. The number of aromatic nitrogens is 1. The van der Waals surface area contributed by atoms with Gasteiger partial charge in [-0.3, -0.25) is 4.79 Å². The van der Waals surface area contributed by atoms with Crippen LogP contribution in [-0.2, 0) is 10.0 Å². The highest BCUT2D eigenvalue weighted by molar-refractivity contribution is 7.91. The van der Waals surface area contributed by atoms with Gasteiger partial charge < -0.3 is 4.98 Å². The predicted octanol–water partition coefficient (Wildman–Crippen LogP) is 1.95. The molecule has 1 N–H and O–H groups in total. The van der Waals surface area contributed by atoms with Crippen molar-refractivity contribution in [1.82, 2.24) is 9.29 Å². The van der Waals surface area contributed by atoms with Crippen LogP contribution in [0.2, 0.25) is 0 Å². The zero-order valence-corrected chi connectivity index (χ0v) is 12.9. The van der Waals surface area contributed by atoms with Gasteiger partial charge in [0.1, 0.15) is 0 Å². The minimum absolute atomic E-state index is 0.173. The Morgan fingerprint density at radius 3 is 2.47 bits per heavy atom. The van der Waals surface area contributed by atoms with E-state index in [2.05, 4.69) is 11.9 Å². The van der Waals surface area contributed by atoms with Crippen molar-refractivity contribution < 1.29 is 8.42 Å². The van der Waals surface area contributed by atoms with Crippen molar-refractivity contribution in [3.8, 4) is 0 Å². The Kier molecular flexibility index (Phi) is 4.47. The van der Waals surface area contributed by atoms with E-state index in [1.807, 2.05) is 0 Å². The van der Waals surface area contributed by atoms with Crippen LogP contribution in [0.4, 0.5) is 0 Å². The van der Waals surface area contributed by atoms with Gasteiger partial charge in [0.15, 0.2) is 4.21 Å². The normalized spacial score (nSPS) is 18.8. The van der Waals surface area contributed by atoms with Gasteiger partial charge in [-0.1, -0.05) is 31.1 Å². The van der Waals surface area contributed by atoms with Crippen LogP contribution in [0, 0.1) is 12.8 Å². The first kappa shape index (κ1) is 14.7. The number of H-pyrrole nitrogens is 1. The third-order valence-electron chi connectivity index (χ3n) is 3.63. The molecule has 0 radical (unpaired) electrons. The molecule has 108 valence electrons. The molecule has 1 aromatic heterocycles. The van der Waals surface area contributed by atoms with Crippen LogP contribution in [0.15, 0.2) is 9.00 Å². The number of hydrogen-bond donors (Lipinski definition) is 1. The fourth-order valence-electron chi connectivity index (χ4n) is 2.60. The number of nitrogens with zero attached hydrogens (tertiary/aromatic N) is 1. The van der Waals surface area contributed by atoms with E-state index < -0.39 is 10.0 Å². The van der Waals surface area contributed by atoms with Crippen molar-refractivity contribution >= 4 is 21.4 Å². The van der Waals surface area contributed by atoms with Gasteiger partial charge in [-0.25, -0.2) is 8.42 Å². The van der Waals surface area contributed by atoms with Gasteiger partial charge in [-0.15, -0.1) is 0 Å². The summed E-state index contributed by atoms with van der Waals surface area (Å²) in [7, 11) is -3.49. The summed E-state index contributed by atoms with van der Waals surface area (Å²) in [6, 6.07) is 0. The van der Waals surface area contributed by atoms with E-state index in [1.165, 1.54) is 10.7 Å². The molecule has 0 aliphatic carbocycles. The minimum atomic E-state index is -3.49. The molecule has 1 aliphatic rings. The zero-order valence-electron chi connectivity index (χ0n) is 11.3. The smallest absolute Gasteiger partial charge is 0.305 e. The summed E-state index contributed by atoms with van der Waals surface area (Å²) in [6.07, 6.45) is 4.16. The largest absolute Gasteiger partial charge is 0.315 e. The third kappa shape index (κ3) is 3.09. The molecule has 0 unspecified atom stereocenters. The number of thiazole rings is 1. The first-order valence-corrected chi connectivity index (χ1v) is 8.90. The van der Waals surface area contributed by atoms with Crippen molar-refractivity contribution in [2.45, 2.75) is 43.7 Å². The van der Waals surface area contributed by atoms with E-state index in [4.69, 9.17) is 0 Å². The maximum Gasteiger partial charge on any atom is 0.305 e. The molecule has 2 heterocycles. The number of sulfonamides is 1. The SMILES string of the molecule is CCCC1CCN(S(=O)(=O)c2sc(=O)[nH]c2C)CC1. The Balaban J connectivity index is 2.14. The number of aromatic amines is 1. The third-order valence-corrected chi connectivity index (χ3v) is 7.11. The fraction of sp³-hybridized carbons (Fsp3) is 0.750.